The Labute approximate surface area is 503 Å². The largest absolute Gasteiger partial charge is 0.456 e. The zero-order valence-corrected chi connectivity index (χ0v) is 37.8. The molecule has 0 fully saturated rings. The van der Waals surface area contributed by atoms with E-state index in [1.165, 1.54) is 0 Å². The van der Waals surface area contributed by atoms with Crippen molar-refractivity contribution < 1.29 is 71.9 Å². The fraction of sp³-hybridized carbons (Fsp3) is 0. The third kappa shape index (κ3) is 7.11. The van der Waals surface area contributed by atoms with Crippen LogP contribution >= 0.6 is 0 Å². The molecule has 0 aliphatic heterocycles. The van der Waals surface area contributed by atoms with Gasteiger partial charge in [0.2, 0.25) is 0 Å². The van der Waals surface area contributed by atoms with Crippen LogP contribution in [0.5, 0.6) is 0 Å². The standard InChI is InChI=1S/C42H26O.C32H20O/c1-2-12-27(13-3-1)30-24-28-14-4-5-15-31(28)38(26-30)42-35-19-8-6-17-33(35)41(34-18-7-9-20-36(34)42)29-22-23-40-37(25-29)32-16-10-11-21-39(32)43-40;1-2-10-21(11-3-1)31-24-13-4-6-15-26(24)32(27-16-7-5-14-25(27)31)22-18-19-30-28(20-22)23-12-8-9-17-29(23)33-30/h1-26H;1-20H/i1D,2D,3D,4D,5D,6D,7D,8D,9D,10D,11D,12D,13D,14D,15D,16D,17D,18D,19D,20D,21D,22D,23D,24D,25D,26D;1D,2D,3D,4D,5D,6D,7D,8D,9D,10D,11D,12D,13D,14D,15D,16D,17D,18D,19D,20D. The summed E-state index contributed by atoms with van der Waals surface area (Å²) in [5.41, 5.74) is -9.10. The highest BCUT2D eigenvalue weighted by Gasteiger charge is 2.21. The highest BCUT2D eigenvalue weighted by atomic mass is 16.3. The van der Waals surface area contributed by atoms with Crippen molar-refractivity contribution in [3.63, 3.8) is 0 Å². The van der Waals surface area contributed by atoms with Gasteiger partial charge in [-0.25, -0.2) is 0 Å². The Bertz CT molecular complexity index is 7530. The van der Waals surface area contributed by atoms with Crippen molar-refractivity contribution in [1.82, 2.24) is 0 Å². The Balaban J connectivity index is 0.000000196. The van der Waals surface area contributed by atoms with Gasteiger partial charge >= 0.3 is 0 Å². The van der Waals surface area contributed by atoms with E-state index in [0.717, 1.165) is 0 Å². The van der Waals surface area contributed by atoms with Gasteiger partial charge in [-0.1, -0.05) is 230 Å². The molecule has 0 spiro atoms. The number of hydrogen-bond donors (Lipinski definition) is 0. The van der Waals surface area contributed by atoms with Gasteiger partial charge in [0.25, 0.3) is 0 Å². The molecule has 0 saturated heterocycles. The molecule has 0 aliphatic carbocycles. The molecule has 0 atom stereocenters. The maximum Gasteiger partial charge on any atom is 0.135 e. The van der Waals surface area contributed by atoms with Crippen LogP contribution in [0, 0.1) is 0 Å². The third-order valence-corrected chi connectivity index (χ3v) is 12.2. The van der Waals surface area contributed by atoms with Gasteiger partial charge < -0.3 is 8.83 Å². The summed E-state index contributed by atoms with van der Waals surface area (Å²) in [6.45, 7) is 0. The summed E-state index contributed by atoms with van der Waals surface area (Å²) in [7, 11) is 0. The van der Waals surface area contributed by atoms with Crippen molar-refractivity contribution in [3.05, 3.63) is 278 Å². The molecule has 2 aromatic heterocycles. The van der Waals surface area contributed by atoms with E-state index in [1.54, 1.807) is 0 Å². The van der Waals surface area contributed by atoms with Crippen LogP contribution in [0.15, 0.2) is 287 Å². The first-order valence-electron chi connectivity index (χ1n) is 45.3. The van der Waals surface area contributed by atoms with Gasteiger partial charge in [0.1, 0.15) is 22.3 Å². The number of hydrogen-bond acceptors (Lipinski definition) is 2. The molecule has 2 heteroatoms. The monoisotopic (exact) mass is 1010 g/mol. The van der Waals surface area contributed by atoms with Gasteiger partial charge in [-0.15, -0.1) is 0 Å². The molecule has 0 unspecified atom stereocenters. The Morgan fingerprint density at radius 2 is 0.526 bits per heavy atom. The summed E-state index contributed by atoms with van der Waals surface area (Å²) in [4.78, 5) is 0. The highest BCUT2D eigenvalue weighted by molar-refractivity contribution is 6.25. The minimum Gasteiger partial charge on any atom is -0.456 e. The SMILES string of the molecule is [2H]c1c([2H])c([2H])c(-c2c([2H])c(-c3c4c([2H])c([2H])c([2H])c([2H])c4c(-c4c([2H])c([2H])c5oc6c([2H])c([2H])c([2H])c([2H])c6c5c4[2H])c4c([2H])c([2H])c([2H])c([2H])c34)c3c([2H])c([2H])c([2H])c([2H])c3c2[2H])c([2H])c1[2H].[2H]c1c([2H])c([2H])c(-c2c3c([2H])c([2H])c([2H])c([2H])c3c(-c3c([2H])c([2H])c4oc5c([2H])c([2H])c([2H])c([2H])c5c4c3[2H])c3c([2H])c([2H])c([2H])c([2H])c23)c([2H])c1[2H]. The van der Waals surface area contributed by atoms with E-state index >= 15 is 0 Å². The van der Waals surface area contributed by atoms with Gasteiger partial charge in [-0.3, -0.25) is 0 Å². The van der Waals surface area contributed by atoms with Crippen molar-refractivity contribution in [2.24, 2.45) is 0 Å². The quantitative estimate of drug-likeness (QED) is 0.161. The summed E-state index contributed by atoms with van der Waals surface area (Å²) in [6, 6.07) is -40.3. The van der Waals surface area contributed by atoms with Crippen LogP contribution in [-0.4, -0.2) is 0 Å². The van der Waals surface area contributed by atoms with E-state index in [1.807, 2.05) is 0 Å². The molecule has 16 aromatic rings. The van der Waals surface area contributed by atoms with E-state index < -0.39 is 421 Å². The maximum atomic E-state index is 9.90. The van der Waals surface area contributed by atoms with Gasteiger partial charge in [-0.05, 0) is 158 Å². The fourth-order valence-corrected chi connectivity index (χ4v) is 9.11. The summed E-state index contributed by atoms with van der Waals surface area (Å²) >= 11 is 0. The molecular weight excluding hydrogens is 921 g/mol. The Kier molecular flexibility index (Phi) is 4.13. The number of furan rings is 2. The summed E-state index contributed by atoms with van der Waals surface area (Å²) in [5, 5.41) is -8.41. The molecular formula is C74H46O2. The van der Waals surface area contributed by atoms with Gasteiger partial charge in [0.15, 0.2) is 0 Å². The van der Waals surface area contributed by atoms with E-state index in [0.29, 0.717) is 0 Å². The first-order chi connectivity index (χ1) is 56.9. The summed E-state index contributed by atoms with van der Waals surface area (Å²) in [6.07, 6.45) is 0. The van der Waals surface area contributed by atoms with Gasteiger partial charge in [0.05, 0.1) is 63.1 Å². The Morgan fingerprint density at radius 3 is 0.974 bits per heavy atom. The lowest BCUT2D eigenvalue weighted by atomic mass is 9.83. The molecule has 0 amide bonds. The molecule has 14 aromatic carbocycles. The fourth-order valence-electron chi connectivity index (χ4n) is 9.11. The first kappa shape index (κ1) is 17.6. The molecule has 0 aliphatic rings. The van der Waals surface area contributed by atoms with Crippen molar-refractivity contribution in [2.75, 3.05) is 0 Å². The topological polar surface area (TPSA) is 26.3 Å². The van der Waals surface area contributed by atoms with Crippen LogP contribution < -0.4 is 0 Å². The number of para-hydroxylation sites is 2. The van der Waals surface area contributed by atoms with Crippen LogP contribution in [0.2, 0.25) is 0 Å². The molecule has 2 nitrogen and oxygen atoms in total. The zero-order valence-electron chi connectivity index (χ0n) is 83.8. The molecule has 0 N–H and O–H groups in total. The second-order valence-corrected chi connectivity index (χ2v) is 16.3. The zero-order chi connectivity index (χ0) is 90.1. The van der Waals surface area contributed by atoms with E-state index in [2.05, 4.69) is 0 Å². The van der Waals surface area contributed by atoms with Crippen LogP contribution in [0.25, 0.3) is 153 Å². The molecule has 16 rings (SSSR count). The number of rotatable bonds is 5. The van der Waals surface area contributed by atoms with Crippen LogP contribution in [0.3, 0.4) is 0 Å². The Morgan fingerprint density at radius 1 is 0.197 bits per heavy atom. The minimum atomic E-state index is -1.05. The van der Waals surface area contributed by atoms with Crippen LogP contribution in [0.1, 0.15) is 63.1 Å². The van der Waals surface area contributed by atoms with Crippen molar-refractivity contribution in [2.45, 2.75) is 0 Å². The molecule has 354 valence electrons. The molecule has 0 bridgehead atoms. The average Bonchev–Trinajstić information content (AvgIpc) is 0.786. The number of fused-ring (bicyclic) bond motifs is 11. The lowest BCUT2D eigenvalue weighted by Gasteiger charge is -2.19. The number of benzene rings is 14. The lowest BCUT2D eigenvalue weighted by Crippen LogP contribution is -1.92. The van der Waals surface area contributed by atoms with Crippen LogP contribution in [-0.2, 0) is 0 Å². The lowest BCUT2D eigenvalue weighted by molar-refractivity contribution is 0.668. The van der Waals surface area contributed by atoms with Gasteiger partial charge in [-0.2, -0.15) is 0 Å². The van der Waals surface area contributed by atoms with E-state index in [4.69, 9.17) is 58.2 Å². The maximum absolute atomic E-state index is 9.90. The first-order valence-corrected chi connectivity index (χ1v) is 22.3. The van der Waals surface area contributed by atoms with Crippen molar-refractivity contribution in [1.29, 1.82) is 0 Å². The van der Waals surface area contributed by atoms with Gasteiger partial charge in [0, 0.05) is 21.5 Å². The second-order valence-electron chi connectivity index (χ2n) is 16.3. The van der Waals surface area contributed by atoms with Crippen LogP contribution in [0.4, 0.5) is 0 Å². The minimum absolute atomic E-state index is 0.348. The summed E-state index contributed by atoms with van der Waals surface area (Å²) in [5.74, 6) is 0. The molecule has 76 heavy (non-hydrogen) atoms. The smallest absolute Gasteiger partial charge is 0.135 e. The van der Waals surface area contributed by atoms with E-state index in [-0.39, 0.29) is 10.8 Å². The molecule has 0 radical (unpaired) electrons. The van der Waals surface area contributed by atoms with Crippen molar-refractivity contribution in [3.8, 4) is 55.6 Å². The predicted octanol–water partition coefficient (Wildman–Crippen LogP) is 21.3. The normalized spacial score (nSPS) is 20.2. The van der Waals surface area contributed by atoms with E-state index in [9.17, 15) is 13.7 Å². The third-order valence-electron chi connectivity index (χ3n) is 12.2. The Hall–Kier alpha value is -10.0. The molecule has 0 saturated carbocycles. The average molecular weight is 1010 g/mol. The van der Waals surface area contributed by atoms with Crippen molar-refractivity contribution >= 4 is 97.7 Å². The highest BCUT2D eigenvalue weighted by Crippen LogP contribution is 2.48. The second kappa shape index (κ2) is 17.9. The summed E-state index contributed by atoms with van der Waals surface area (Å²) < 4.78 is 418. The predicted molar refractivity (Wildman–Crippen MR) is 322 cm³/mol. The molecule has 2 heterocycles.